The maximum absolute atomic E-state index is 13.3. The third-order valence-corrected chi connectivity index (χ3v) is 2.76. The first-order chi connectivity index (χ1) is 10.1. The van der Waals surface area contributed by atoms with Crippen LogP contribution in [0.25, 0.3) is 0 Å². The highest BCUT2D eigenvalue weighted by molar-refractivity contribution is 5.96. The molecule has 0 spiro atoms. The number of carbonyl (C=O) groups excluding carboxylic acids is 1. The van der Waals surface area contributed by atoms with Crippen molar-refractivity contribution >= 4 is 5.91 Å². The lowest BCUT2D eigenvalue weighted by Crippen LogP contribution is -2.23. The zero-order valence-corrected chi connectivity index (χ0v) is 11.6. The van der Waals surface area contributed by atoms with E-state index < -0.39 is 5.82 Å². The predicted molar refractivity (Wildman–Crippen MR) is 76.7 cm³/mol. The van der Waals surface area contributed by atoms with E-state index in [2.05, 4.69) is 22.3 Å². The molecule has 1 heterocycles. The summed E-state index contributed by atoms with van der Waals surface area (Å²) in [5.41, 5.74) is 6.81. The number of aromatic nitrogens is 2. The summed E-state index contributed by atoms with van der Waals surface area (Å²) in [6.45, 7) is 0.487. The van der Waals surface area contributed by atoms with Crippen LogP contribution in [0.1, 0.15) is 21.5 Å². The second-order valence-corrected chi connectivity index (χ2v) is 4.40. The lowest BCUT2D eigenvalue weighted by Gasteiger charge is -2.06. The minimum absolute atomic E-state index is 0.175. The van der Waals surface area contributed by atoms with Gasteiger partial charge in [0.05, 0.1) is 18.3 Å². The molecular formula is C15H15FN4O. The van der Waals surface area contributed by atoms with Gasteiger partial charge < -0.3 is 11.1 Å². The van der Waals surface area contributed by atoms with Gasteiger partial charge in [0.15, 0.2) is 0 Å². The van der Waals surface area contributed by atoms with Gasteiger partial charge in [0.2, 0.25) is 0 Å². The van der Waals surface area contributed by atoms with E-state index in [0.29, 0.717) is 12.1 Å². The van der Waals surface area contributed by atoms with Crippen molar-refractivity contribution in [1.82, 2.24) is 15.1 Å². The Balaban J connectivity index is 2.15. The van der Waals surface area contributed by atoms with Crippen molar-refractivity contribution < 1.29 is 9.18 Å². The SMILES string of the molecule is Cn1cc(CNC(=O)c2cc(F)ccc2C#CCN)cn1. The third-order valence-electron chi connectivity index (χ3n) is 2.76. The van der Waals surface area contributed by atoms with Gasteiger partial charge in [-0.3, -0.25) is 9.48 Å². The fourth-order valence-electron chi connectivity index (χ4n) is 1.80. The van der Waals surface area contributed by atoms with E-state index in [1.165, 1.54) is 18.2 Å². The maximum atomic E-state index is 13.3. The largest absolute Gasteiger partial charge is 0.348 e. The number of carbonyl (C=O) groups is 1. The summed E-state index contributed by atoms with van der Waals surface area (Å²) in [5, 5.41) is 6.72. The standard InChI is InChI=1S/C15H15FN4O/c1-20-10-11(9-19-20)8-18-15(21)14-7-13(16)5-4-12(14)3-2-6-17/h4-5,7,9-10H,6,8,17H2,1H3,(H,18,21). The molecule has 1 aromatic carbocycles. The van der Waals surface area contributed by atoms with Crippen molar-refractivity contribution in [3.63, 3.8) is 0 Å². The summed E-state index contributed by atoms with van der Waals surface area (Å²) in [5.74, 6) is 4.55. The second-order valence-electron chi connectivity index (χ2n) is 4.40. The van der Waals surface area contributed by atoms with Crippen molar-refractivity contribution in [3.8, 4) is 11.8 Å². The van der Waals surface area contributed by atoms with Crippen molar-refractivity contribution in [2.75, 3.05) is 6.54 Å². The molecule has 0 fully saturated rings. The van der Waals surface area contributed by atoms with Gasteiger partial charge in [-0.25, -0.2) is 4.39 Å². The first-order valence-corrected chi connectivity index (χ1v) is 6.34. The fraction of sp³-hybridized carbons (Fsp3) is 0.200. The number of nitrogens with zero attached hydrogens (tertiary/aromatic N) is 2. The molecule has 6 heteroatoms. The quantitative estimate of drug-likeness (QED) is 0.820. The van der Waals surface area contributed by atoms with Gasteiger partial charge in [-0.05, 0) is 18.2 Å². The van der Waals surface area contributed by atoms with Crippen molar-refractivity contribution in [1.29, 1.82) is 0 Å². The fourth-order valence-corrected chi connectivity index (χ4v) is 1.80. The van der Waals surface area contributed by atoms with Crippen LogP contribution < -0.4 is 11.1 Å². The molecule has 0 aliphatic carbocycles. The molecule has 3 N–H and O–H groups in total. The topological polar surface area (TPSA) is 72.9 Å². The molecule has 108 valence electrons. The van der Waals surface area contributed by atoms with E-state index in [1.54, 1.807) is 24.1 Å². The number of rotatable bonds is 3. The molecule has 0 bridgehead atoms. The van der Waals surface area contributed by atoms with Crippen LogP contribution in [0.5, 0.6) is 0 Å². The summed E-state index contributed by atoms with van der Waals surface area (Å²) >= 11 is 0. The Hall–Kier alpha value is -2.65. The van der Waals surface area contributed by atoms with E-state index in [-0.39, 0.29) is 18.0 Å². The Bertz CT molecular complexity index is 712. The van der Waals surface area contributed by atoms with Crippen molar-refractivity contribution in [2.45, 2.75) is 6.54 Å². The van der Waals surface area contributed by atoms with Crippen LogP contribution in [-0.2, 0) is 13.6 Å². The first-order valence-electron chi connectivity index (χ1n) is 6.34. The van der Waals surface area contributed by atoms with Gasteiger partial charge in [-0.2, -0.15) is 5.10 Å². The molecule has 0 aliphatic heterocycles. The van der Waals surface area contributed by atoms with Gasteiger partial charge >= 0.3 is 0 Å². The molecule has 0 saturated carbocycles. The molecule has 21 heavy (non-hydrogen) atoms. The zero-order valence-electron chi connectivity index (χ0n) is 11.6. The molecular weight excluding hydrogens is 271 g/mol. The summed E-state index contributed by atoms with van der Waals surface area (Å²) in [6, 6.07) is 3.90. The Morgan fingerprint density at radius 3 is 3.00 bits per heavy atom. The van der Waals surface area contributed by atoms with Gasteiger partial charge in [0.25, 0.3) is 5.91 Å². The highest BCUT2D eigenvalue weighted by Crippen LogP contribution is 2.11. The van der Waals surface area contributed by atoms with E-state index in [4.69, 9.17) is 5.73 Å². The van der Waals surface area contributed by atoms with Crippen LogP contribution in [0.3, 0.4) is 0 Å². The van der Waals surface area contributed by atoms with Crippen LogP contribution in [0.2, 0.25) is 0 Å². The number of aryl methyl sites for hydroxylation is 1. The van der Waals surface area contributed by atoms with Crippen LogP contribution in [0, 0.1) is 17.7 Å². The summed E-state index contributed by atoms with van der Waals surface area (Å²) in [7, 11) is 1.79. The lowest BCUT2D eigenvalue weighted by molar-refractivity contribution is 0.0950. The molecule has 2 aromatic rings. The lowest BCUT2D eigenvalue weighted by atomic mass is 10.1. The normalized spacial score (nSPS) is 9.86. The molecule has 0 saturated heterocycles. The molecule has 0 radical (unpaired) electrons. The Labute approximate surface area is 122 Å². The molecule has 0 atom stereocenters. The number of amides is 1. The smallest absolute Gasteiger partial charge is 0.252 e. The number of halogens is 1. The minimum atomic E-state index is -0.486. The average molecular weight is 286 g/mol. The van der Waals surface area contributed by atoms with Crippen LogP contribution in [0.4, 0.5) is 4.39 Å². The minimum Gasteiger partial charge on any atom is -0.348 e. The number of hydrogen-bond acceptors (Lipinski definition) is 3. The molecule has 1 amide bonds. The number of nitrogens with one attached hydrogen (secondary N) is 1. The third kappa shape index (κ3) is 3.91. The van der Waals surface area contributed by atoms with Gasteiger partial charge in [-0.1, -0.05) is 11.8 Å². The Morgan fingerprint density at radius 1 is 1.52 bits per heavy atom. The molecule has 5 nitrogen and oxygen atoms in total. The van der Waals surface area contributed by atoms with Gasteiger partial charge in [-0.15, -0.1) is 0 Å². The van der Waals surface area contributed by atoms with E-state index in [0.717, 1.165) is 5.56 Å². The first kappa shape index (κ1) is 14.8. The predicted octanol–water partition coefficient (Wildman–Crippen LogP) is 0.799. The monoisotopic (exact) mass is 286 g/mol. The Morgan fingerprint density at radius 2 is 2.33 bits per heavy atom. The van der Waals surface area contributed by atoms with Crippen LogP contribution in [0.15, 0.2) is 30.6 Å². The zero-order chi connectivity index (χ0) is 15.2. The highest BCUT2D eigenvalue weighted by Gasteiger charge is 2.11. The van der Waals surface area contributed by atoms with Crippen molar-refractivity contribution in [3.05, 3.63) is 53.1 Å². The Kier molecular flexibility index (Phi) is 4.69. The highest BCUT2D eigenvalue weighted by atomic mass is 19.1. The van der Waals surface area contributed by atoms with Crippen LogP contribution in [-0.4, -0.2) is 22.2 Å². The van der Waals surface area contributed by atoms with Crippen LogP contribution >= 0.6 is 0 Å². The summed E-state index contributed by atoms with van der Waals surface area (Å²) in [4.78, 5) is 12.2. The maximum Gasteiger partial charge on any atom is 0.252 e. The number of nitrogens with two attached hydrogens (primary N) is 1. The summed E-state index contributed by atoms with van der Waals surface area (Å²) < 4.78 is 15.0. The van der Waals surface area contributed by atoms with E-state index >= 15 is 0 Å². The van der Waals surface area contributed by atoms with Gasteiger partial charge in [0, 0.05) is 30.9 Å². The molecule has 1 aromatic heterocycles. The van der Waals surface area contributed by atoms with E-state index in [1.807, 2.05) is 0 Å². The summed E-state index contributed by atoms with van der Waals surface area (Å²) in [6.07, 6.45) is 3.45. The van der Waals surface area contributed by atoms with Crippen molar-refractivity contribution in [2.24, 2.45) is 12.8 Å². The molecule has 0 aliphatic rings. The van der Waals surface area contributed by atoms with E-state index in [9.17, 15) is 9.18 Å². The van der Waals surface area contributed by atoms with Gasteiger partial charge in [0.1, 0.15) is 5.82 Å². The molecule has 0 unspecified atom stereocenters. The number of hydrogen-bond donors (Lipinski definition) is 2. The molecule has 2 rings (SSSR count). The second kappa shape index (κ2) is 6.68. The average Bonchev–Trinajstić information content (AvgIpc) is 2.89. The number of benzene rings is 1.